The zero-order valence-corrected chi connectivity index (χ0v) is 11.6. The van der Waals surface area contributed by atoms with E-state index in [1.54, 1.807) is 19.4 Å². The third-order valence-electron chi connectivity index (χ3n) is 2.69. The van der Waals surface area contributed by atoms with Crippen molar-refractivity contribution in [2.24, 2.45) is 5.92 Å². The molecule has 1 aromatic rings. The fourth-order valence-electron chi connectivity index (χ4n) is 1.55. The molecule has 0 aromatic carbocycles. The van der Waals surface area contributed by atoms with Gasteiger partial charge in [-0.05, 0) is 5.92 Å². The lowest BCUT2D eigenvalue weighted by Gasteiger charge is -2.23. The summed E-state index contributed by atoms with van der Waals surface area (Å²) in [5.41, 5.74) is 0. The minimum atomic E-state index is -0.656. The number of aromatic amines is 1. The van der Waals surface area contributed by atoms with Crippen LogP contribution in [0.1, 0.15) is 19.7 Å². The Bertz CT molecular complexity index is 417. The van der Waals surface area contributed by atoms with Gasteiger partial charge in [-0.2, -0.15) is 0 Å². The fourth-order valence-corrected chi connectivity index (χ4v) is 1.55. The summed E-state index contributed by atoms with van der Waals surface area (Å²) in [4.78, 5) is 31.9. The van der Waals surface area contributed by atoms with E-state index >= 15 is 0 Å². The van der Waals surface area contributed by atoms with Crippen LogP contribution in [0, 0.1) is 5.92 Å². The number of carbonyl (C=O) groups is 2. The van der Waals surface area contributed by atoms with Crippen LogP contribution in [0.25, 0.3) is 0 Å². The molecule has 106 valence electrons. The Morgan fingerprint density at radius 1 is 1.53 bits per heavy atom. The number of ether oxygens (including phenoxy) is 1. The topological polar surface area (TPSA) is 87.3 Å². The lowest BCUT2D eigenvalue weighted by Crippen LogP contribution is -2.49. The quantitative estimate of drug-likeness (QED) is 0.771. The summed E-state index contributed by atoms with van der Waals surface area (Å²) in [5.74, 6) is 0.181. The molecule has 1 atom stereocenters. The molecule has 2 amide bonds. The van der Waals surface area contributed by atoms with Crippen molar-refractivity contribution >= 4 is 12.0 Å². The molecule has 0 fully saturated rings. The molecule has 1 rings (SSSR count). The van der Waals surface area contributed by atoms with Crippen molar-refractivity contribution in [3.63, 3.8) is 0 Å². The Labute approximate surface area is 112 Å². The van der Waals surface area contributed by atoms with Gasteiger partial charge >= 0.3 is 12.0 Å². The molecule has 7 heteroatoms. The number of hydrogen-bond acceptors (Lipinski definition) is 4. The van der Waals surface area contributed by atoms with E-state index in [0.717, 1.165) is 0 Å². The van der Waals surface area contributed by atoms with Crippen molar-refractivity contribution in [2.45, 2.75) is 26.4 Å². The molecule has 0 bridgehead atoms. The van der Waals surface area contributed by atoms with Crippen LogP contribution in [0.4, 0.5) is 4.79 Å². The van der Waals surface area contributed by atoms with E-state index in [1.807, 2.05) is 13.8 Å². The first kappa shape index (κ1) is 15.0. The van der Waals surface area contributed by atoms with Crippen LogP contribution in [-0.2, 0) is 16.1 Å². The maximum absolute atomic E-state index is 12.0. The average Bonchev–Trinajstić information content (AvgIpc) is 2.86. The van der Waals surface area contributed by atoms with Crippen LogP contribution in [-0.4, -0.2) is 47.1 Å². The highest BCUT2D eigenvalue weighted by molar-refractivity contribution is 5.83. The Morgan fingerprint density at radius 2 is 2.21 bits per heavy atom. The molecular weight excluding hydrogens is 248 g/mol. The zero-order valence-electron chi connectivity index (χ0n) is 11.6. The molecule has 19 heavy (non-hydrogen) atoms. The summed E-state index contributed by atoms with van der Waals surface area (Å²) in [6.07, 6.45) is 3.30. The number of hydrogen-bond donors (Lipinski definition) is 2. The SMILES string of the molecule is COC(=O)[C@@H](NC(=O)N(C)Cc1ncc[nH]1)C(C)C. The molecule has 2 N–H and O–H groups in total. The monoisotopic (exact) mass is 268 g/mol. The first-order valence-electron chi connectivity index (χ1n) is 6.03. The van der Waals surface area contributed by atoms with Crippen molar-refractivity contribution in [3.8, 4) is 0 Å². The minimum Gasteiger partial charge on any atom is -0.467 e. The van der Waals surface area contributed by atoms with Crippen molar-refractivity contribution in [3.05, 3.63) is 18.2 Å². The van der Waals surface area contributed by atoms with Crippen LogP contribution in [0.3, 0.4) is 0 Å². The number of nitrogens with zero attached hydrogens (tertiary/aromatic N) is 2. The third kappa shape index (κ3) is 4.27. The number of H-pyrrole nitrogens is 1. The first-order chi connectivity index (χ1) is 8.95. The van der Waals surface area contributed by atoms with E-state index in [9.17, 15) is 9.59 Å². The van der Waals surface area contributed by atoms with E-state index in [0.29, 0.717) is 12.4 Å². The van der Waals surface area contributed by atoms with Gasteiger partial charge in [0.25, 0.3) is 0 Å². The highest BCUT2D eigenvalue weighted by Gasteiger charge is 2.26. The summed E-state index contributed by atoms with van der Waals surface area (Å²) in [6.45, 7) is 4.02. The van der Waals surface area contributed by atoms with E-state index in [1.165, 1.54) is 12.0 Å². The summed E-state index contributed by atoms with van der Waals surface area (Å²) >= 11 is 0. The molecule has 0 saturated heterocycles. The Balaban J connectivity index is 2.58. The maximum Gasteiger partial charge on any atom is 0.328 e. The minimum absolute atomic E-state index is 0.0478. The second kappa shape index (κ2) is 6.77. The van der Waals surface area contributed by atoms with Crippen molar-refractivity contribution in [2.75, 3.05) is 14.2 Å². The lowest BCUT2D eigenvalue weighted by molar-refractivity contribution is -0.144. The van der Waals surface area contributed by atoms with Gasteiger partial charge in [-0.1, -0.05) is 13.8 Å². The lowest BCUT2D eigenvalue weighted by atomic mass is 10.1. The number of esters is 1. The second-order valence-electron chi connectivity index (χ2n) is 4.59. The number of amides is 2. The Morgan fingerprint density at radius 3 is 2.68 bits per heavy atom. The van der Waals surface area contributed by atoms with Gasteiger partial charge in [-0.3, -0.25) is 0 Å². The molecule has 1 heterocycles. The molecule has 0 aliphatic rings. The summed E-state index contributed by atoms with van der Waals surface area (Å²) in [6, 6.07) is -1.00. The normalized spacial score (nSPS) is 12.1. The van der Waals surface area contributed by atoms with Gasteiger partial charge in [-0.25, -0.2) is 14.6 Å². The van der Waals surface area contributed by atoms with Gasteiger partial charge in [-0.15, -0.1) is 0 Å². The van der Waals surface area contributed by atoms with Gasteiger partial charge in [0.1, 0.15) is 11.9 Å². The summed E-state index contributed by atoms with van der Waals surface area (Å²) < 4.78 is 4.67. The highest BCUT2D eigenvalue weighted by Crippen LogP contribution is 2.05. The Hall–Kier alpha value is -2.05. The van der Waals surface area contributed by atoms with Crippen molar-refractivity contribution in [1.29, 1.82) is 0 Å². The molecule has 0 radical (unpaired) electrons. The standard InChI is InChI=1S/C12H20N4O3/c1-8(2)10(11(17)19-4)15-12(18)16(3)7-9-13-5-6-14-9/h5-6,8,10H,7H2,1-4H3,(H,13,14)(H,15,18)/t10-/m0/s1. The van der Waals surface area contributed by atoms with Gasteiger partial charge in [0.2, 0.25) is 0 Å². The van der Waals surface area contributed by atoms with Gasteiger partial charge in [0.05, 0.1) is 13.7 Å². The Kier molecular flexibility index (Phi) is 5.35. The largest absolute Gasteiger partial charge is 0.467 e. The molecule has 0 spiro atoms. The number of aromatic nitrogens is 2. The van der Waals surface area contributed by atoms with Crippen LogP contribution < -0.4 is 5.32 Å². The van der Waals surface area contributed by atoms with Crippen molar-refractivity contribution in [1.82, 2.24) is 20.2 Å². The smallest absolute Gasteiger partial charge is 0.328 e. The van der Waals surface area contributed by atoms with Crippen LogP contribution >= 0.6 is 0 Å². The van der Waals surface area contributed by atoms with Gasteiger partial charge in [0, 0.05) is 19.4 Å². The zero-order chi connectivity index (χ0) is 14.4. The summed E-state index contributed by atoms with van der Waals surface area (Å²) in [7, 11) is 2.93. The van der Waals surface area contributed by atoms with Gasteiger partial charge < -0.3 is 19.9 Å². The highest BCUT2D eigenvalue weighted by atomic mass is 16.5. The average molecular weight is 268 g/mol. The molecule has 0 aliphatic carbocycles. The first-order valence-corrected chi connectivity index (χ1v) is 6.03. The predicted octanol–water partition coefficient (Wildman–Crippen LogP) is 0.749. The van der Waals surface area contributed by atoms with Crippen LogP contribution in [0.15, 0.2) is 12.4 Å². The number of methoxy groups -OCH3 is 1. The van der Waals surface area contributed by atoms with E-state index in [2.05, 4.69) is 20.0 Å². The fraction of sp³-hybridized carbons (Fsp3) is 0.583. The van der Waals surface area contributed by atoms with Crippen LogP contribution in [0.2, 0.25) is 0 Å². The maximum atomic E-state index is 12.0. The van der Waals surface area contributed by atoms with Crippen molar-refractivity contribution < 1.29 is 14.3 Å². The number of carbonyl (C=O) groups excluding carboxylic acids is 2. The predicted molar refractivity (Wildman–Crippen MR) is 69.2 cm³/mol. The molecule has 0 saturated carbocycles. The van der Waals surface area contributed by atoms with E-state index in [-0.39, 0.29) is 11.9 Å². The molecule has 7 nitrogen and oxygen atoms in total. The third-order valence-corrected chi connectivity index (χ3v) is 2.69. The second-order valence-corrected chi connectivity index (χ2v) is 4.59. The molecule has 1 aromatic heterocycles. The van der Waals surface area contributed by atoms with E-state index in [4.69, 9.17) is 0 Å². The molecular formula is C12H20N4O3. The molecule has 0 aliphatic heterocycles. The number of nitrogens with one attached hydrogen (secondary N) is 2. The summed E-state index contributed by atoms with van der Waals surface area (Å²) in [5, 5.41) is 2.65. The number of rotatable bonds is 5. The van der Waals surface area contributed by atoms with Gasteiger partial charge in [0.15, 0.2) is 0 Å². The number of imidazole rings is 1. The van der Waals surface area contributed by atoms with E-state index < -0.39 is 12.0 Å². The molecule has 0 unspecified atom stereocenters. The van der Waals surface area contributed by atoms with Crippen LogP contribution in [0.5, 0.6) is 0 Å². The number of urea groups is 1.